The standard InChI is InChI=1S/C14H21FN2O3/c1-5-10-9(3)14(4,15)12(20-10)17-8-7-11(19-6-2)16-13(17)18/h7-10,12H,5-6H2,1-4H3/t9?,10-,12-,14-/m1/s1. The van der Waals surface area contributed by atoms with E-state index in [1.54, 1.807) is 19.9 Å². The maximum absolute atomic E-state index is 14.9. The van der Waals surface area contributed by atoms with Crippen LogP contribution in [0.15, 0.2) is 17.1 Å². The Hall–Kier alpha value is -1.43. The van der Waals surface area contributed by atoms with Crippen molar-refractivity contribution >= 4 is 0 Å². The molecule has 1 unspecified atom stereocenters. The van der Waals surface area contributed by atoms with Gasteiger partial charge >= 0.3 is 5.69 Å². The molecule has 0 aromatic carbocycles. The van der Waals surface area contributed by atoms with Crippen molar-refractivity contribution in [2.24, 2.45) is 5.92 Å². The highest BCUT2D eigenvalue weighted by Crippen LogP contribution is 2.45. The Morgan fingerprint density at radius 3 is 2.75 bits per heavy atom. The first-order chi connectivity index (χ1) is 9.41. The number of aromatic nitrogens is 2. The van der Waals surface area contributed by atoms with Gasteiger partial charge < -0.3 is 9.47 Å². The van der Waals surface area contributed by atoms with Gasteiger partial charge in [-0.15, -0.1) is 0 Å². The molecule has 0 bridgehead atoms. The van der Waals surface area contributed by atoms with Crippen molar-refractivity contribution in [3.05, 3.63) is 22.7 Å². The van der Waals surface area contributed by atoms with Gasteiger partial charge in [0.05, 0.1) is 12.7 Å². The second-order valence-corrected chi connectivity index (χ2v) is 5.26. The zero-order chi connectivity index (χ0) is 14.9. The molecule has 0 radical (unpaired) electrons. The van der Waals surface area contributed by atoms with Crippen LogP contribution in [0, 0.1) is 5.92 Å². The van der Waals surface area contributed by atoms with Gasteiger partial charge in [0.1, 0.15) is 0 Å². The van der Waals surface area contributed by atoms with E-state index in [1.165, 1.54) is 17.7 Å². The summed E-state index contributed by atoms with van der Waals surface area (Å²) in [6.45, 7) is 7.45. The largest absolute Gasteiger partial charge is 0.478 e. The van der Waals surface area contributed by atoms with Gasteiger partial charge in [0.2, 0.25) is 5.88 Å². The van der Waals surface area contributed by atoms with Crippen LogP contribution in [-0.4, -0.2) is 27.9 Å². The summed E-state index contributed by atoms with van der Waals surface area (Å²) in [7, 11) is 0. The minimum atomic E-state index is -1.61. The van der Waals surface area contributed by atoms with Crippen molar-refractivity contribution in [2.45, 2.75) is 52.1 Å². The van der Waals surface area contributed by atoms with E-state index >= 15 is 0 Å². The van der Waals surface area contributed by atoms with Gasteiger partial charge in [-0.3, -0.25) is 4.57 Å². The molecule has 6 heteroatoms. The van der Waals surface area contributed by atoms with Crippen LogP contribution in [0.2, 0.25) is 0 Å². The van der Waals surface area contributed by atoms with Crippen LogP contribution in [-0.2, 0) is 4.74 Å². The smallest absolute Gasteiger partial charge is 0.353 e. The third kappa shape index (κ3) is 2.44. The molecule has 1 saturated heterocycles. The van der Waals surface area contributed by atoms with Gasteiger partial charge in [0.15, 0.2) is 11.9 Å². The molecular weight excluding hydrogens is 263 g/mol. The molecule has 20 heavy (non-hydrogen) atoms. The summed E-state index contributed by atoms with van der Waals surface area (Å²) >= 11 is 0. The molecule has 0 saturated carbocycles. The highest BCUT2D eigenvalue weighted by atomic mass is 19.1. The Balaban J connectivity index is 2.34. The first kappa shape index (κ1) is 15.0. The van der Waals surface area contributed by atoms with E-state index in [2.05, 4.69) is 4.98 Å². The lowest BCUT2D eigenvalue weighted by Gasteiger charge is -2.25. The lowest BCUT2D eigenvalue weighted by molar-refractivity contribution is -0.0502. The van der Waals surface area contributed by atoms with Crippen molar-refractivity contribution in [1.29, 1.82) is 0 Å². The Labute approximate surface area is 117 Å². The minimum absolute atomic E-state index is 0.200. The molecule has 112 valence electrons. The summed E-state index contributed by atoms with van der Waals surface area (Å²) in [5.41, 5.74) is -2.17. The average Bonchev–Trinajstić information content (AvgIpc) is 2.62. The van der Waals surface area contributed by atoms with Crippen molar-refractivity contribution in [2.75, 3.05) is 6.61 Å². The van der Waals surface area contributed by atoms with E-state index in [0.717, 1.165) is 0 Å². The molecule has 0 spiro atoms. The summed E-state index contributed by atoms with van der Waals surface area (Å²) < 4.78 is 27.0. The molecule has 5 nitrogen and oxygen atoms in total. The van der Waals surface area contributed by atoms with Crippen LogP contribution >= 0.6 is 0 Å². The molecule has 0 N–H and O–H groups in total. The van der Waals surface area contributed by atoms with E-state index in [0.29, 0.717) is 13.0 Å². The highest BCUT2D eigenvalue weighted by Gasteiger charge is 2.52. The van der Waals surface area contributed by atoms with E-state index in [9.17, 15) is 9.18 Å². The summed E-state index contributed by atoms with van der Waals surface area (Å²) in [6, 6.07) is 1.55. The van der Waals surface area contributed by atoms with Crippen LogP contribution in [0.25, 0.3) is 0 Å². The second-order valence-electron chi connectivity index (χ2n) is 5.26. The monoisotopic (exact) mass is 284 g/mol. The topological polar surface area (TPSA) is 53.4 Å². The highest BCUT2D eigenvalue weighted by molar-refractivity contribution is 5.08. The average molecular weight is 284 g/mol. The summed E-state index contributed by atoms with van der Waals surface area (Å²) in [6.07, 6.45) is 1.04. The molecule has 1 aliphatic rings. The van der Waals surface area contributed by atoms with E-state index in [1.807, 2.05) is 6.92 Å². The SMILES string of the molecule is CCOc1ccn([C@@H]2O[C@H](CC)C(C)[C@@]2(C)F)c(=O)n1. The van der Waals surface area contributed by atoms with E-state index in [-0.39, 0.29) is 17.9 Å². The molecule has 0 aliphatic carbocycles. The number of halogens is 1. The van der Waals surface area contributed by atoms with Gasteiger partial charge in [-0.1, -0.05) is 13.8 Å². The lowest BCUT2D eigenvalue weighted by atomic mass is 9.88. The van der Waals surface area contributed by atoms with Crippen LogP contribution in [0.3, 0.4) is 0 Å². The fraction of sp³-hybridized carbons (Fsp3) is 0.714. The van der Waals surface area contributed by atoms with Gasteiger partial charge in [0.25, 0.3) is 0 Å². The number of rotatable bonds is 4. The first-order valence-corrected chi connectivity index (χ1v) is 6.98. The molecule has 0 amide bonds. The Morgan fingerprint density at radius 2 is 2.25 bits per heavy atom. The van der Waals surface area contributed by atoms with Crippen LogP contribution in [0.1, 0.15) is 40.3 Å². The maximum atomic E-state index is 14.9. The molecule has 2 rings (SSSR count). The predicted octanol–water partition coefficient (Wildman–Crippen LogP) is 2.31. The summed E-state index contributed by atoms with van der Waals surface area (Å²) in [5, 5.41) is 0. The van der Waals surface area contributed by atoms with Crippen LogP contribution < -0.4 is 10.4 Å². The molecular formula is C14H21FN2O3. The van der Waals surface area contributed by atoms with Gasteiger partial charge in [0, 0.05) is 18.2 Å². The van der Waals surface area contributed by atoms with Crippen molar-refractivity contribution in [1.82, 2.24) is 9.55 Å². The second kappa shape index (κ2) is 5.52. The van der Waals surface area contributed by atoms with Crippen LogP contribution in [0.4, 0.5) is 4.39 Å². The normalized spacial score (nSPS) is 33.4. The van der Waals surface area contributed by atoms with E-state index < -0.39 is 17.6 Å². The van der Waals surface area contributed by atoms with Gasteiger partial charge in [-0.25, -0.2) is 9.18 Å². The number of nitrogens with zero attached hydrogens (tertiary/aromatic N) is 2. The number of ether oxygens (including phenoxy) is 2. The zero-order valence-corrected chi connectivity index (χ0v) is 12.3. The fourth-order valence-corrected chi connectivity index (χ4v) is 2.60. The van der Waals surface area contributed by atoms with Crippen molar-refractivity contribution < 1.29 is 13.9 Å². The minimum Gasteiger partial charge on any atom is -0.478 e. The molecule has 4 atom stereocenters. The Bertz CT molecular complexity index is 529. The Kier molecular flexibility index (Phi) is 4.13. The third-order valence-corrected chi connectivity index (χ3v) is 3.99. The number of alkyl halides is 1. The van der Waals surface area contributed by atoms with E-state index in [4.69, 9.17) is 9.47 Å². The number of hydrogen-bond acceptors (Lipinski definition) is 4. The molecule has 1 fully saturated rings. The quantitative estimate of drug-likeness (QED) is 0.851. The molecule has 1 aromatic heterocycles. The lowest BCUT2D eigenvalue weighted by Crippen LogP contribution is -2.38. The summed E-state index contributed by atoms with van der Waals surface area (Å²) in [5.74, 6) is -0.0385. The molecule has 2 heterocycles. The van der Waals surface area contributed by atoms with Gasteiger partial charge in [-0.05, 0) is 20.3 Å². The zero-order valence-electron chi connectivity index (χ0n) is 12.3. The van der Waals surface area contributed by atoms with Crippen molar-refractivity contribution in [3.8, 4) is 5.88 Å². The Morgan fingerprint density at radius 1 is 1.55 bits per heavy atom. The number of hydrogen-bond donors (Lipinski definition) is 0. The molecule has 1 aromatic rings. The third-order valence-electron chi connectivity index (χ3n) is 3.99. The van der Waals surface area contributed by atoms with Crippen molar-refractivity contribution in [3.63, 3.8) is 0 Å². The first-order valence-electron chi connectivity index (χ1n) is 6.98. The van der Waals surface area contributed by atoms with Gasteiger partial charge in [-0.2, -0.15) is 4.98 Å². The summed E-state index contributed by atoms with van der Waals surface area (Å²) in [4.78, 5) is 15.8. The van der Waals surface area contributed by atoms with Crippen LogP contribution in [0.5, 0.6) is 5.88 Å². The molecule has 1 aliphatic heterocycles. The maximum Gasteiger partial charge on any atom is 0.353 e. The fourth-order valence-electron chi connectivity index (χ4n) is 2.60. The predicted molar refractivity (Wildman–Crippen MR) is 72.5 cm³/mol.